The summed E-state index contributed by atoms with van der Waals surface area (Å²) in [5, 5.41) is 3.21. The van der Waals surface area contributed by atoms with Gasteiger partial charge in [-0.15, -0.1) is 0 Å². The molecule has 0 spiro atoms. The van der Waals surface area contributed by atoms with E-state index in [1.54, 1.807) is 0 Å². The van der Waals surface area contributed by atoms with Crippen LogP contribution in [0.25, 0.3) is 0 Å². The van der Waals surface area contributed by atoms with E-state index in [0.717, 1.165) is 19.3 Å². The average molecular weight is 268 g/mol. The molecule has 0 aromatic rings. The molecular formula is C16H32N2O. The first-order chi connectivity index (χ1) is 8.63. The van der Waals surface area contributed by atoms with Gasteiger partial charge in [0.15, 0.2) is 0 Å². The Balaban J connectivity index is 2.45. The smallest absolute Gasteiger partial charge is 0.224 e. The second kappa shape index (κ2) is 6.25. The van der Waals surface area contributed by atoms with Gasteiger partial charge < -0.3 is 11.1 Å². The summed E-state index contributed by atoms with van der Waals surface area (Å²) in [6, 6.07) is 0.356. The minimum Gasteiger partial charge on any atom is -0.353 e. The van der Waals surface area contributed by atoms with E-state index in [-0.39, 0.29) is 17.2 Å². The maximum atomic E-state index is 12.3. The number of hydrogen-bond donors (Lipinski definition) is 2. The lowest BCUT2D eigenvalue weighted by Gasteiger charge is -2.35. The van der Waals surface area contributed by atoms with E-state index < -0.39 is 0 Å². The first kappa shape index (κ1) is 16.5. The molecule has 0 aromatic heterocycles. The summed E-state index contributed by atoms with van der Waals surface area (Å²) in [6.45, 7) is 11.5. The first-order valence-corrected chi connectivity index (χ1v) is 7.63. The molecule has 0 aliphatic heterocycles. The lowest BCUT2D eigenvalue weighted by Crippen LogP contribution is -2.44. The van der Waals surface area contributed by atoms with Crippen molar-refractivity contribution in [2.24, 2.45) is 22.5 Å². The Kier molecular flexibility index (Phi) is 5.43. The Hall–Kier alpha value is -0.570. The van der Waals surface area contributed by atoms with Crippen molar-refractivity contribution in [2.75, 3.05) is 6.54 Å². The van der Waals surface area contributed by atoms with Gasteiger partial charge in [-0.3, -0.25) is 4.79 Å². The molecule has 112 valence electrons. The number of amides is 1. The zero-order valence-electron chi connectivity index (χ0n) is 13.4. The highest BCUT2D eigenvalue weighted by Gasteiger charge is 2.30. The van der Waals surface area contributed by atoms with Crippen LogP contribution in [-0.4, -0.2) is 18.5 Å². The minimum atomic E-state index is -0.0464. The lowest BCUT2D eigenvalue weighted by molar-refractivity contribution is -0.126. The highest BCUT2D eigenvalue weighted by atomic mass is 16.1. The summed E-state index contributed by atoms with van der Waals surface area (Å²) in [4.78, 5) is 12.3. The van der Waals surface area contributed by atoms with E-state index in [0.29, 0.717) is 18.0 Å². The van der Waals surface area contributed by atoms with Crippen LogP contribution in [-0.2, 0) is 4.79 Å². The molecule has 1 rings (SSSR count). The Bertz CT molecular complexity index is 294. The average Bonchev–Trinajstić information content (AvgIpc) is 2.27. The van der Waals surface area contributed by atoms with Gasteiger partial charge in [0.25, 0.3) is 0 Å². The molecule has 1 saturated carbocycles. The predicted molar refractivity (Wildman–Crippen MR) is 80.8 cm³/mol. The van der Waals surface area contributed by atoms with Crippen molar-refractivity contribution in [1.82, 2.24) is 5.32 Å². The van der Waals surface area contributed by atoms with Gasteiger partial charge >= 0.3 is 0 Å². The molecule has 1 aliphatic rings. The monoisotopic (exact) mass is 268 g/mol. The Morgan fingerprint density at radius 3 is 2.26 bits per heavy atom. The van der Waals surface area contributed by atoms with Gasteiger partial charge in [0.1, 0.15) is 0 Å². The maximum Gasteiger partial charge on any atom is 0.224 e. The van der Waals surface area contributed by atoms with E-state index in [1.165, 1.54) is 12.8 Å². The molecule has 3 nitrogen and oxygen atoms in total. The SMILES string of the molecule is CC(C)(C)CC(CN)C(=O)NC1CCC(C)(C)CC1. The molecule has 0 heterocycles. The molecule has 1 unspecified atom stereocenters. The highest BCUT2D eigenvalue weighted by Crippen LogP contribution is 2.35. The molecule has 19 heavy (non-hydrogen) atoms. The van der Waals surface area contributed by atoms with Crippen molar-refractivity contribution >= 4 is 5.91 Å². The van der Waals surface area contributed by atoms with Gasteiger partial charge in [0, 0.05) is 12.6 Å². The zero-order valence-corrected chi connectivity index (χ0v) is 13.4. The van der Waals surface area contributed by atoms with E-state index in [4.69, 9.17) is 5.73 Å². The quantitative estimate of drug-likeness (QED) is 0.823. The van der Waals surface area contributed by atoms with Gasteiger partial charge in [-0.25, -0.2) is 0 Å². The fourth-order valence-corrected chi connectivity index (χ4v) is 2.88. The summed E-state index contributed by atoms with van der Waals surface area (Å²) < 4.78 is 0. The van der Waals surface area contributed by atoms with Crippen LogP contribution >= 0.6 is 0 Å². The molecule has 0 bridgehead atoms. The molecule has 0 saturated heterocycles. The number of rotatable bonds is 4. The van der Waals surface area contributed by atoms with Crippen molar-refractivity contribution in [1.29, 1.82) is 0 Å². The standard InChI is InChI=1S/C16H32N2O/c1-15(2,3)10-12(11-17)14(19)18-13-6-8-16(4,5)9-7-13/h12-13H,6-11,17H2,1-5H3,(H,18,19). The Morgan fingerprint density at radius 2 is 1.84 bits per heavy atom. The molecule has 0 aromatic carbocycles. The van der Waals surface area contributed by atoms with Crippen molar-refractivity contribution < 1.29 is 4.79 Å². The van der Waals surface area contributed by atoms with Crippen LogP contribution in [0.4, 0.5) is 0 Å². The second-order valence-electron chi connectivity index (χ2n) is 8.14. The maximum absolute atomic E-state index is 12.3. The first-order valence-electron chi connectivity index (χ1n) is 7.63. The Morgan fingerprint density at radius 1 is 1.32 bits per heavy atom. The molecule has 0 radical (unpaired) electrons. The van der Waals surface area contributed by atoms with Crippen LogP contribution in [0.1, 0.15) is 66.7 Å². The fourth-order valence-electron chi connectivity index (χ4n) is 2.88. The summed E-state index contributed by atoms with van der Waals surface area (Å²) in [7, 11) is 0. The summed E-state index contributed by atoms with van der Waals surface area (Å²) in [6.07, 6.45) is 5.46. The number of hydrogen-bond acceptors (Lipinski definition) is 2. The molecule has 3 N–H and O–H groups in total. The molecule has 3 heteroatoms. The van der Waals surface area contributed by atoms with E-state index >= 15 is 0 Å². The number of carbonyl (C=O) groups excluding carboxylic acids is 1. The van der Waals surface area contributed by atoms with Gasteiger partial charge in [0.05, 0.1) is 5.92 Å². The Labute approximate surface area is 118 Å². The van der Waals surface area contributed by atoms with E-state index in [9.17, 15) is 4.79 Å². The molecule has 1 fully saturated rings. The fraction of sp³-hybridized carbons (Fsp3) is 0.938. The van der Waals surface area contributed by atoms with E-state index in [1.807, 2.05) is 0 Å². The predicted octanol–water partition coefficient (Wildman–Crippen LogP) is 3.08. The van der Waals surface area contributed by atoms with Crippen molar-refractivity contribution in [3.8, 4) is 0 Å². The van der Waals surface area contributed by atoms with Gasteiger partial charge in [0.2, 0.25) is 5.91 Å². The normalized spacial score (nSPS) is 22.0. The zero-order chi connectivity index (χ0) is 14.7. The van der Waals surface area contributed by atoms with E-state index in [2.05, 4.69) is 39.9 Å². The second-order valence-corrected chi connectivity index (χ2v) is 8.14. The lowest BCUT2D eigenvalue weighted by atomic mass is 9.75. The summed E-state index contributed by atoms with van der Waals surface area (Å²) in [5.74, 6) is 0.108. The molecule has 1 atom stereocenters. The minimum absolute atomic E-state index is 0.0464. The van der Waals surface area contributed by atoms with Gasteiger partial charge in [-0.05, 0) is 42.9 Å². The van der Waals surface area contributed by atoms with Crippen molar-refractivity contribution in [3.05, 3.63) is 0 Å². The summed E-state index contributed by atoms with van der Waals surface area (Å²) in [5.41, 5.74) is 6.36. The molecule has 1 aliphatic carbocycles. The number of carbonyl (C=O) groups is 1. The third-order valence-corrected chi connectivity index (χ3v) is 4.20. The topological polar surface area (TPSA) is 55.1 Å². The highest BCUT2D eigenvalue weighted by molar-refractivity contribution is 5.79. The van der Waals surface area contributed by atoms with Gasteiger partial charge in [-0.2, -0.15) is 0 Å². The van der Waals surface area contributed by atoms with Crippen LogP contribution < -0.4 is 11.1 Å². The number of nitrogens with one attached hydrogen (secondary N) is 1. The van der Waals surface area contributed by atoms with Crippen molar-refractivity contribution in [3.63, 3.8) is 0 Å². The summed E-state index contributed by atoms with van der Waals surface area (Å²) >= 11 is 0. The largest absolute Gasteiger partial charge is 0.353 e. The third kappa shape index (κ3) is 5.94. The van der Waals surface area contributed by atoms with Crippen LogP contribution in [0.5, 0.6) is 0 Å². The third-order valence-electron chi connectivity index (χ3n) is 4.20. The van der Waals surface area contributed by atoms with Gasteiger partial charge in [-0.1, -0.05) is 34.6 Å². The molecular weight excluding hydrogens is 236 g/mol. The van der Waals surface area contributed by atoms with Crippen LogP contribution in [0.3, 0.4) is 0 Å². The van der Waals surface area contributed by atoms with Crippen molar-refractivity contribution in [2.45, 2.75) is 72.8 Å². The van der Waals surface area contributed by atoms with Crippen LogP contribution in [0, 0.1) is 16.7 Å². The van der Waals surface area contributed by atoms with Crippen LogP contribution in [0.2, 0.25) is 0 Å². The number of nitrogens with two attached hydrogens (primary N) is 1. The van der Waals surface area contributed by atoms with Crippen LogP contribution in [0.15, 0.2) is 0 Å². The molecule has 1 amide bonds.